The molecule has 0 bridgehead atoms. The van der Waals surface area contributed by atoms with Crippen molar-refractivity contribution in [3.63, 3.8) is 0 Å². The highest BCUT2D eigenvalue weighted by Gasteiger charge is 2.30. The molecule has 1 aliphatic rings. The minimum absolute atomic E-state index is 0.0458. The molecule has 1 fully saturated rings. The topological polar surface area (TPSA) is 52.2 Å². The lowest BCUT2D eigenvalue weighted by atomic mass is 9.94. The van der Waals surface area contributed by atoms with Crippen LogP contribution in [0.2, 0.25) is 0 Å². The molecule has 3 aromatic carbocycles. The Morgan fingerprint density at radius 1 is 0.794 bits per heavy atom. The van der Waals surface area contributed by atoms with E-state index in [4.69, 9.17) is 18.9 Å². The van der Waals surface area contributed by atoms with Gasteiger partial charge in [-0.25, -0.2) is 0 Å². The summed E-state index contributed by atoms with van der Waals surface area (Å²) in [6.07, 6.45) is 0. The molecule has 0 aromatic heterocycles. The molecule has 6 nitrogen and oxygen atoms in total. The fourth-order valence-electron chi connectivity index (χ4n) is 4.47. The number of hydrogen-bond donors (Lipinski definition) is 1. The summed E-state index contributed by atoms with van der Waals surface area (Å²) in [5.74, 6) is 3.10. The Morgan fingerprint density at radius 3 is 2.15 bits per heavy atom. The zero-order valence-corrected chi connectivity index (χ0v) is 20.3. The zero-order valence-electron chi connectivity index (χ0n) is 20.3. The molecule has 1 atom stereocenters. The molecule has 0 radical (unpaired) electrons. The predicted molar refractivity (Wildman–Crippen MR) is 134 cm³/mol. The molecule has 4 rings (SSSR count). The minimum Gasteiger partial charge on any atom is -0.496 e. The first-order valence-corrected chi connectivity index (χ1v) is 11.8. The molecular weight excluding hydrogens is 428 g/mol. The number of nitrogens with one attached hydrogen (secondary N) is 1. The van der Waals surface area contributed by atoms with Crippen molar-refractivity contribution in [3.8, 4) is 23.0 Å². The second kappa shape index (κ2) is 11.8. The molecular formula is C28H34N2O4. The Hall–Kier alpha value is -3.22. The Bertz CT molecular complexity index is 1030. The highest BCUT2D eigenvalue weighted by atomic mass is 16.5. The van der Waals surface area contributed by atoms with E-state index in [0.717, 1.165) is 65.9 Å². The molecule has 1 saturated heterocycles. The van der Waals surface area contributed by atoms with Crippen LogP contribution in [0.3, 0.4) is 0 Å². The molecule has 0 spiro atoms. The van der Waals surface area contributed by atoms with Gasteiger partial charge in [-0.1, -0.05) is 42.5 Å². The van der Waals surface area contributed by atoms with Gasteiger partial charge in [0.05, 0.1) is 32.4 Å². The van der Waals surface area contributed by atoms with Crippen LogP contribution in [0.4, 0.5) is 0 Å². The van der Waals surface area contributed by atoms with Crippen molar-refractivity contribution in [2.24, 2.45) is 0 Å². The average molecular weight is 463 g/mol. The molecule has 1 aliphatic heterocycles. The van der Waals surface area contributed by atoms with Crippen molar-refractivity contribution in [2.45, 2.75) is 19.6 Å². The normalized spacial score (nSPS) is 14.9. The van der Waals surface area contributed by atoms with Crippen LogP contribution < -0.4 is 24.3 Å². The molecule has 3 aromatic rings. The third kappa shape index (κ3) is 5.46. The second-order valence-corrected chi connectivity index (χ2v) is 8.18. The monoisotopic (exact) mass is 462 g/mol. The van der Waals surface area contributed by atoms with Crippen LogP contribution in [0, 0.1) is 0 Å². The smallest absolute Gasteiger partial charge is 0.161 e. The van der Waals surface area contributed by atoms with Gasteiger partial charge in [0.2, 0.25) is 0 Å². The van der Waals surface area contributed by atoms with Gasteiger partial charge in [-0.3, -0.25) is 4.90 Å². The van der Waals surface area contributed by atoms with E-state index in [1.807, 2.05) is 49.4 Å². The molecule has 34 heavy (non-hydrogen) atoms. The van der Waals surface area contributed by atoms with Crippen LogP contribution in [0.1, 0.15) is 29.7 Å². The fourth-order valence-corrected chi connectivity index (χ4v) is 4.47. The summed E-state index contributed by atoms with van der Waals surface area (Å²) in [7, 11) is 3.42. The van der Waals surface area contributed by atoms with Gasteiger partial charge in [0, 0.05) is 26.2 Å². The largest absolute Gasteiger partial charge is 0.496 e. The predicted octanol–water partition coefficient (Wildman–Crippen LogP) is 4.68. The summed E-state index contributed by atoms with van der Waals surface area (Å²) in [6.45, 7) is 6.74. The van der Waals surface area contributed by atoms with Gasteiger partial charge in [0.1, 0.15) is 18.1 Å². The van der Waals surface area contributed by atoms with Gasteiger partial charge in [-0.05, 0) is 42.3 Å². The van der Waals surface area contributed by atoms with Crippen molar-refractivity contribution in [3.05, 3.63) is 83.4 Å². The molecule has 0 saturated carbocycles. The van der Waals surface area contributed by atoms with Gasteiger partial charge in [-0.2, -0.15) is 0 Å². The van der Waals surface area contributed by atoms with Crippen LogP contribution in [-0.2, 0) is 6.61 Å². The number of rotatable bonds is 10. The lowest BCUT2D eigenvalue weighted by Crippen LogP contribution is -2.45. The average Bonchev–Trinajstić information content (AvgIpc) is 2.90. The minimum atomic E-state index is -0.0458. The lowest BCUT2D eigenvalue weighted by Gasteiger charge is -2.36. The Kier molecular flexibility index (Phi) is 8.28. The first-order valence-electron chi connectivity index (χ1n) is 11.8. The van der Waals surface area contributed by atoms with E-state index < -0.39 is 0 Å². The van der Waals surface area contributed by atoms with Crippen molar-refractivity contribution < 1.29 is 18.9 Å². The van der Waals surface area contributed by atoms with Crippen LogP contribution in [0.5, 0.6) is 23.0 Å². The first-order chi connectivity index (χ1) is 16.7. The number of ether oxygens (including phenoxy) is 4. The van der Waals surface area contributed by atoms with E-state index in [0.29, 0.717) is 13.2 Å². The second-order valence-electron chi connectivity index (χ2n) is 8.18. The number of benzene rings is 3. The summed E-state index contributed by atoms with van der Waals surface area (Å²) in [5.41, 5.74) is 3.25. The first kappa shape index (κ1) is 23.9. The standard InChI is InChI=1S/C28H34N2O4/c1-4-33-26-19-22(13-14-23(26)34-20-21-9-6-5-7-10-21)28(30-17-15-29-16-18-30)27-24(31-2)11-8-12-25(27)32-3/h5-14,19,28-29H,4,15-18,20H2,1-3H3. The van der Waals surface area contributed by atoms with Crippen molar-refractivity contribution in [2.75, 3.05) is 47.0 Å². The van der Waals surface area contributed by atoms with E-state index in [2.05, 4.69) is 34.5 Å². The van der Waals surface area contributed by atoms with E-state index in [1.54, 1.807) is 14.2 Å². The number of hydrogen-bond acceptors (Lipinski definition) is 6. The molecule has 1 heterocycles. The Balaban J connectivity index is 1.73. The zero-order chi connectivity index (χ0) is 23.8. The van der Waals surface area contributed by atoms with E-state index in [-0.39, 0.29) is 6.04 Å². The molecule has 1 N–H and O–H groups in total. The van der Waals surface area contributed by atoms with E-state index in [1.165, 1.54) is 0 Å². The van der Waals surface area contributed by atoms with Crippen molar-refractivity contribution in [1.82, 2.24) is 10.2 Å². The van der Waals surface area contributed by atoms with Crippen LogP contribution in [0.25, 0.3) is 0 Å². The number of methoxy groups -OCH3 is 2. The fraction of sp³-hybridized carbons (Fsp3) is 0.357. The maximum Gasteiger partial charge on any atom is 0.161 e. The third-order valence-electron chi connectivity index (χ3n) is 6.08. The summed E-state index contributed by atoms with van der Waals surface area (Å²) in [5, 5.41) is 3.45. The number of piperazine rings is 1. The summed E-state index contributed by atoms with van der Waals surface area (Å²) >= 11 is 0. The highest BCUT2D eigenvalue weighted by molar-refractivity contribution is 5.53. The van der Waals surface area contributed by atoms with Crippen LogP contribution in [0.15, 0.2) is 66.7 Å². The maximum atomic E-state index is 6.15. The third-order valence-corrected chi connectivity index (χ3v) is 6.08. The summed E-state index contributed by atoms with van der Waals surface area (Å²) in [6, 6.07) is 22.3. The molecule has 6 heteroatoms. The molecule has 0 aliphatic carbocycles. The van der Waals surface area contributed by atoms with E-state index in [9.17, 15) is 0 Å². The quantitative estimate of drug-likeness (QED) is 0.472. The maximum absolute atomic E-state index is 6.15. The van der Waals surface area contributed by atoms with E-state index >= 15 is 0 Å². The van der Waals surface area contributed by atoms with Gasteiger partial charge < -0.3 is 24.3 Å². The highest BCUT2D eigenvalue weighted by Crippen LogP contribution is 2.43. The Labute approximate surface area is 202 Å². The molecule has 1 unspecified atom stereocenters. The van der Waals surface area contributed by atoms with Gasteiger partial charge in [0.15, 0.2) is 11.5 Å². The van der Waals surface area contributed by atoms with Crippen molar-refractivity contribution in [1.29, 1.82) is 0 Å². The van der Waals surface area contributed by atoms with Crippen molar-refractivity contribution >= 4 is 0 Å². The number of nitrogens with zero attached hydrogens (tertiary/aromatic N) is 1. The SMILES string of the molecule is CCOc1cc(C(c2c(OC)cccc2OC)N2CCNCC2)ccc1OCc1ccccc1. The van der Waals surface area contributed by atoms with Gasteiger partial charge in [-0.15, -0.1) is 0 Å². The van der Waals surface area contributed by atoms with Gasteiger partial charge >= 0.3 is 0 Å². The van der Waals surface area contributed by atoms with Crippen LogP contribution in [-0.4, -0.2) is 51.9 Å². The summed E-state index contributed by atoms with van der Waals surface area (Å²) < 4.78 is 23.8. The molecule has 0 amide bonds. The van der Waals surface area contributed by atoms with Crippen LogP contribution >= 0.6 is 0 Å². The lowest BCUT2D eigenvalue weighted by molar-refractivity contribution is 0.191. The Morgan fingerprint density at radius 2 is 1.50 bits per heavy atom. The molecule has 180 valence electrons. The van der Waals surface area contributed by atoms with Gasteiger partial charge in [0.25, 0.3) is 0 Å². The summed E-state index contributed by atoms with van der Waals surface area (Å²) in [4.78, 5) is 2.46.